The molecule has 3 heterocycles. The van der Waals surface area contributed by atoms with Gasteiger partial charge in [0.2, 0.25) is 5.82 Å². The third kappa shape index (κ3) is 5.22. The number of H-pyrrole nitrogens is 1. The molecule has 2 aromatic heterocycles. The number of halogens is 2. The quantitative estimate of drug-likeness (QED) is 0.575. The van der Waals surface area contributed by atoms with Crippen LogP contribution in [-0.2, 0) is 0 Å². The molecule has 8 nitrogen and oxygen atoms in total. The molecule has 1 amide bonds. The number of amides is 1. The highest BCUT2D eigenvalue weighted by Crippen LogP contribution is 2.29. The summed E-state index contributed by atoms with van der Waals surface area (Å²) >= 11 is 1.26. The molecule has 2 atom stereocenters. The molecule has 2 unspecified atom stereocenters. The number of rotatable bonds is 8. The van der Waals surface area contributed by atoms with Crippen molar-refractivity contribution in [1.29, 1.82) is 0 Å². The number of hydrogen-bond acceptors (Lipinski definition) is 7. The van der Waals surface area contributed by atoms with E-state index in [2.05, 4.69) is 20.6 Å². The summed E-state index contributed by atoms with van der Waals surface area (Å²) in [7, 11) is 0. The SMILES string of the molecule is O=C1SCC(/C=C/CCC2=CC(O)C(F)(F)C=C2)N1C/C=C/c1ccc(-c2nn[nH]n2)o1. The Kier molecular flexibility index (Phi) is 6.66. The number of carbonyl (C=O) groups is 1. The van der Waals surface area contributed by atoms with Gasteiger partial charge in [-0.25, -0.2) is 0 Å². The lowest BCUT2D eigenvalue weighted by Crippen LogP contribution is -2.32. The number of nitrogens with one attached hydrogen (secondary N) is 1. The molecule has 32 heavy (non-hydrogen) atoms. The molecule has 1 fully saturated rings. The summed E-state index contributed by atoms with van der Waals surface area (Å²) < 4.78 is 32.2. The van der Waals surface area contributed by atoms with Crippen LogP contribution in [-0.4, -0.2) is 66.2 Å². The van der Waals surface area contributed by atoms with Crippen molar-refractivity contribution in [1.82, 2.24) is 25.5 Å². The lowest BCUT2D eigenvalue weighted by atomic mass is 9.98. The number of aliphatic hydroxyl groups is 1. The Bertz CT molecular complexity index is 1060. The van der Waals surface area contributed by atoms with Crippen LogP contribution in [0.2, 0.25) is 0 Å². The molecule has 1 aliphatic carbocycles. The minimum Gasteiger partial charge on any atom is -0.453 e. The molecule has 0 bridgehead atoms. The van der Waals surface area contributed by atoms with E-state index in [1.54, 1.807) is 23.1 Å². The number of carbonyl (C=O) groups excluding carboxylic acids is 1. The molecule has 2 aliphatic rings. The Morgan fingerprint density at radius 2 is 2.25 bits per heavy atom. The van der Waals surface area contributed by atoms with Crippen molar-refractivity contribution in [3.05, 3.63) is 59.9 Å². The van der Waals surface area contributed by atoms with Crippen molar-refractivity contribution in [2.24, 2.45) is 0 Å². The van der Waals surface area contributed by atoms with Gasteiger partial charge in [-0.15, -0.1) is 10.2 Å². The van der Waals surface area contributed by atoms with E-state index in [1.807, 2.05) is 18.2 Å². The number of allylic oxidation sites excluding steroid dienone is 3. The van der Waals surface area contributed by atoms with Gasteiger partial charge in [0.15, 0.2) is 5.76 Å². The van der Waals surface area contributed by atoms with Crippen molar-refractivity contribution in [2.75, 3.05) is 12.3 Å². The number of hydrogen-bond donors (Lipinski definition) is 2. The zero-order valence-electron chi connectivity index (χ0n) is 16.9. The number of aromatic nitrogens is 4. The molecule has 11 heteroatoms. The van der Waals surface area contributed by atoms with Gasteiger partial charge in [0.1, 0.15) is 11.9 Å². The highest BCUT2D eigenvalue weighted by atomic mass is 32.2. The van der Waals surface area contributed by atoms with E-state index in [4.69, 9.17) is 4.42 Å². The van der Waals surface area contributed by atoms with Crippen LogP contribution in [0.1, 0.15) is 18.6 Å². The molecule has 2 aromatic rings. The Hall–Kier alpha value is -3.05. The number of aliphatic hydroxyl groups excluding tert-OH is 1. The third-order valence-corrected chi connectivity index (χ3v) is 6.02. The van der Waals surface area contributed by atoms with E-state index in [1.165, 1.54) is 23.9 Å². The maximum Gasteiger partial charge on any atom is 0.295 e. The normalized spacial score (nSPS) is 23.0. The average molecular weight is 461 g/mol. The smallest absolute Gasteiger partial charge is 0.295 e. The number of tetrazole rings is 1. The zero-order chi connectivity index (χ0) is 22.6. The monoisotopic (exact) mass is 461 g/mol. The number of furan rings is 1. The summed E-state index contributed by atoms with van der Waals surface area (Å²) in [5, 5.41) is 23.0. The Morgan fingerprint density at radius 1 is 1.38 bits per heavy atom. The first kappa shape index (κ1) is 22.2. The average Bonchev–Trinajstić information content (AvgIpc) is 3.51. The molecule has 0 radical (unpaired) electrons. The second-order valence-electron chi connectivity index (χ2n) is 7.30. The van der Waals surface area contributed by atoms with Gasteiger partial charge in [0.25, 0.3) is 11.2 Å². The topological polar surface area (TPSA) is 108 Å². The Labute approximate surface area is 186 Å². The van der Waals surface area contributed by atoms with Gasteiger partial charge in [-0.3, -0.25) is 4.79 Å². The van der Waals surface area contributed by atoms with Crippen LogP contribution in [0.4, 0.5) is 13.6 Å². The molecule has 168 valence electrons. The van der Waals surface area contributed by atoms with Gasteiger partial charge < -0.3 is 14.4 Å². The van der Waals surface area contributed by atoms with Crippen molar-refractivity contribution in [3.63, 3.8) is 0 Å². The fraction of sp³-hybridized carbons (Fsp3) is 0.333. The van der Waals surface area contributed by atoms with Gasteiger partial charge >= 0.3 is 0 Å². The van der Waals surface area contributed by atoms with Crippen molar-refractivity contribution < 1.29 is 23.1 Å². The van der Waals surface area contributed by atoms with Gasteiger partial charge in [0.05, 0.1) is 6.04 Å². The van der Waals surface area contributed by atoms with E-state index in [9.17, 15) is 18.7 Å². The molecule has 1 aliphatic heterocycles. The molecule has 1 saturated heterocycles. The summed E-state index contributed by atoms with van der Waals surface area (Å²) in [6.07, 6.45) is 10.2. The van der Waals surface area contributed by atoms with Crippen molar-refractivity contribution in [3.8, 4) is 11.6 Å². The van der Waals surface area contributed by atoms with Crippen LogP contribution in [0.15, 0.2) is 58.6 Å². The first-order valence-corrected chi connectivity index (χ1v) is 11.0. The summed E-state index contributed by atoms with van der Waals surface area (Å²) in [5.41, 5.74) is 0.670. The van der Waals surface area contributed by atoms with Crippen molar-refractivity contribution >= 4 is 23.1 Å². The molecule has 4 rings (SSSR count). The predicted molar refractivity (Wildman–Crippen MR) is 116 cm³/mol. The Morgan fingerprint density at radius 3 is 3.03 bits per heavy atom. The fourth-order valence-electron chi connectivity index (χ4n) is 3.30. The van der Waals surface area contributed by atoms with Gasteiger partial charge in [-0.1, -0.05) is 36.1 Å². The molecule has 0 spiro atoms. The minimum absolute atomic E-state index is 0.000457. The number of nitrogens with zero attached hydrogens (tertiary/aromatic N) is 4. The zero-order valence-corrected chi connectivity index (χ0v) is 17.7. The predicted octanol–water partition coefficient (Wildman–Crippen LogP) is 3.84. The molecular formula is C21H21F2N5O3S. The van der Waals surface area contributed by atoms with Gasteiger partial charge in [-0.05, 0) is 54.0 Å². The summed E-state index contributed by atoms with van der Waals surface area (Å²) in [5.74, 6) is -1.09. The second kappa shape index (κ2) is 9.61. The van der Waals surface area contributed by atoms with Gasteiger partial charge in [-0.2, -0.15) is 14.0 Å². The lowest BCUT2D eigenvalue weighted by Gasteiger charge is -2.21. The number of alkyl halides is 2. The van der Waals surface area contributed by atoms with E-state index >= 15 is 0 Å². The highest BCUT2D eigenvalue weighted by molar-refractivity contribution is 8.13. The third-order valence-electron chi connectivity index (χ3n) is 5.03. The summed E-state index contributed by atoms with van der Waals surface area (Å²) in [6, 6.07) is 3.47. The number of thioether (sulfide) groups is 1. The van der Waals surface area contributed by atoms with Crippen LogP contribution < -0.4 is 0 Å². The fourth-order valence-corrected chi connectivity index (χ4v) is 4.28. The molecule has 0 aromatic carbocycles. The summed E-state index contributed by atoms with van der Waals surface area (Å²) in [4.78, 5) is 14.0. The maximum absolute atomic E-state index is 13.3. The minimum atomic E-state index is -3.21. The maximum atomic E-state index is 13.3. The van der Waals surface area contributed by atoms with Crippen LogP contribution >= 0.6 is 11.8 Å². The number of aromatic amines is 1. The van der Waals surface area contributed by atoms with E-state index < -0.39 is 12.0 Å². The van der Waals surface area contributed by atoms with Crippen LogP contribution in [0.25, 0.3) is 17.7 Å². The lowest BCUT2D eigenvalue weighted by molar-refractivity contribution is -0.0469. The highest BCUT2D eigenvalue weighted by Gasteiger charge is 2.36. The van der Waals surface area contributed by atoms with E-state index in [0.717, 1.165) is 6.08 Å². The van der Waals surface area contributed by atoms with Crippen molar-refractivity contribution in [2.45, 2.75) is 30.9 Å². The summed E-state index contributed by atoms with van der Waals surface area (Å²) in [6.45, 7) is 0.425. The first-order valence-electron chi connectivity index (χ1n) is 9.98. The Balaban J connectivity index is 1.28. The van der Waals surface area contributed by atoms with E-state index in [-0.39, 0.29) is 11.3 Å². The van der Waals surface area contributed by atoms with E-state index in [0.29, 0.717) is 48.1 Å². The standard InChI is InChI=1S/C21H21F2N5O3S/c22-21(23)10-9-14(12-18(21)29)4-1-2-5-15-13-32-20(30)28(15)11-3-6-16-7-8-17(31-16)19-24-26-27-25-19/h2-3,5-10,12,15,18,29H,1,4,11,13H2,(H,24,25,26,27)/b5-2+,6-3+. The molecular weight excluding hydrogens is 440 g/mol. The molecule has 0 saturated carbocycles. The van der Waals surface area contributed by atoms with Crippen LogP contribution in [0.3, 0.4) is 0 Å². The largest absolute Gasteiger partial charge is 0.453 e. The van der Waals surface area contributed by atoms with Crippen LogP contribution in [0.5, 0.6) is 0 Å². The first-order chi connectivity index (χ1) is 15.4. The van der Waals surface area contributed by atoms with Crippen LogP contribution in [0, 0.1) is 0 Å². The second-order valence-corrected chi connectivity index (χ2v) is 8.27. The molecule has 2 N–H and O–H groups in total. The van der Waals surface area contributed by atoms with Gasteiger partial charge in [0, 0.05) is 12.3 Å².